The van der Waals surface area contributed by atoms with Crippen molar-refractivity contribution >= 4 is 21.8 Å². The minimum Gasteiger partial charge on any atom is -0.290 e. The molecule has 5 heterocycles. The van der Waals surface area contributed by atoms with Gasteiger partial charge in [0.15, 0.2) is 0 Å². The molecule has 5 nitrogen and oxygen atoms in total. The van der Waals surface area contributed by atoms with E-state index in [9.17, 15) is 0 Å². The van der Waals surface area contributed by atoms with E-state index in [1.807, 2.05) is 24.8 Å². The quantitative estimate of drug-likeness (QED) is 0.499. The van der Waals surface area contributed by atoms with Crippen LogP contribution < -0.4 is 0 Å². The molecule has 0 unspecified atom stereocenters. The molecular formula is C17H13N5. The van der Waals surface area contributed by atoms with Crippen LogP contribution >= 0.6 is 0 Å². The third-order valence-corrected chi connectivity index (χ3v) is 4.65. The number of nitrogens with zero attached hydrogens (tertiary/aromatic N) is 5. The van der Waals surface area contributed by atoms with Crippen LogP contribution in [0.5, 0.6) is 0 Å². The summed E-state index contributed by atoms with van der Waals surface area (Å²) in [5.41, 5.74) is 4.10. The molecule has 5 heteroatoms. The predicted molar refractivity (Wildman–Crippen MR) is 84.1 cm³/mol. The average Bonchev–Trinajstić information content (AvgIpc) is 2.88. The van der Waals surface area contributed by atoms with Gasteiger partial charge in [0.25, 0.3) is 0 Å². The highest BCUT2D eigenvalue weighted by atomic mass is 15.1. The van der Waals surface area contributed by atoms with E-state index in [1.54, 1.807) is 6.33 Å². The van der Waals surface area contributed by atoms with E-state index in [1.165, 1.54) is 10.8 Å². The highest BCUT2D eigenvalue weighted by Gasteiger charge is 2.37. The molecule has 1 aliphatic heterocycles. The van der Waals surface area contributed by atoms with Crippen LogP contribution in [0.25, 0.3) is 27.6 Å². The third-order valence-electron chi connectivity index (χ3n) is 4.65. The van der Waals surface area contributed by atoms with E-state index in [4.69, 9.17) is 0 Å². The molecule has 4 aromatic rings. The number of aromatic nitrogens is 5. The van der Waals surface area contributed by atoms with Gasteiger partial charge < -0.3 is 0 Å². The van der Waals surface area contributed by atoms with Crippen molar-refractivity contribution in [3.8, 4) is 5.82 Å². The Morgan fingerprint density at radius 1 is 0.955 bits per heavy atom. The van der Waals surface area contributed by atoms with Crippen LogP contribution in [0.15, 0.2) is 43.2 Å². The lowest BCUT2D eigenvalue weighted by Gasteiger charge is -2.31. The Hall–Kier alpha value is -2.82. The van der Waals surface area contributed by atoms with E-state index in [-0.39, 0.29) is 5.41 Å². The summed E-state index contributed by atoms with van der Waals surface area (Å²) in [6.45, 7) is 4.35. The van der Waals surface area contributed by atoms with Gasteiger partial charge in [-0.3, -0.25) is 14.5 Å². The van der Waals surface area contributed by atoms with Gasteiger partial charge >= 0.3 is 0 Å². The zero-order chi connectivity index (χ0) is 14.9. The molecule has 0 aliphatic carbocycles. The standard InChI is InChI=1S/C17H13N5/c1-17(2)12-7-19-9-21-16(12)22-13-8-18-5-3-10(13)11-4-6-20-15(17)14(11)22/h3-9H,1-2H3. The Kier molecular flexibility index (Phi) is 1.97. The molecule has 0 radical (unpaired) electrons. The van der Waals surface area contributed by atoms with E-state index in [2.05, 4.69) is 50.5 Å². The zero-order valence-corrected chi connectivity index (χ0v) is 12.3. The Morgan fingerprint density at radius 2 is 1.82 bits per heavy atom. The highest BCUT2D eigenvalue weighted by molar-refractivity contribution is 6.10. The molecule has 0 N–H and O–H groups in total. The van der Waals surface area contributed by atoms with Gasteiger partial charge in [0, 0.05) is 40.3 Å². The molecule has 22 heavy (non-hydrogen) atoms. The van der Waals surface area contributed by atoms with Crippen molar-refractivity contribution in [3.63, 3.8) is 0 Å². The van der Waals surface area contributed by atoms with Gasteiger partial charge in [0.05, 0.1) is 22.9 Å². The summed E-state index contributed by atoms with van der Waals surface area (Å²) >= 11 is 0. The first-order valence-corrected chi connectivity index (χ1v) is 7.24. The summed E-state index contributed by atoms with van der Waals surface area (Å²) in [6, 6.07) is 4.12. The summed E-state index contributed by atoms with van der Waals surface area (Å²) < 4.78 is 2.17. The maximum Gasteiger partial charge on any atom is 0.145 e. The van der Waals surface area contributed by atoms with E-state index in [0.29, 0.717) is 0 Å². The molecule has 0 aromatic carbocycles. The Bertz CT molecular complexity index is 1060. The Balaban J connectivity index is 2.15. The second kappa shape index (κ2) is 3.68. The van der Waals surface area contributed by atoms with Crippen molar-refractivity contribution in [1.82, 2.24) is 24.5 Å². The first-order valence-electron chi connectivity index (χ1n) is 7.24. The summed E-state index contributed by atoms with van der Waals surface area (Å²) in [7, 11) is 0. The van der Waals surface area contributed by atoms with Crippen LogP contribution in [0.3, 0.4) is 0 Å². The third kappa shape index (κ3) is 1.20. The van der Waals surface area contributed by atoms with Crippen molar-refractivity contribution in [2.24, 2.45) is 0 Å². The van der Waals surface area contributed by atoms with E-state index < -0.39 is 0 Å². The van der Waals surface area contributed by atoms with Crippen LogP contribution in [-0.4, -0.2) is 24.5 Å². The van der Waals surface area contributed by atoms with Gasteiger partial charge in [-0.2, -0.15) is 0 Å². The summed E-state index contributed by atoms with van der Waals surface area (Å²) in [6.07, 6.45) is 9.11. The molecule has 1 aliphatic rings. The number of hydrogen-bond acceptors (Lipinski definition) is 4. The summed E-state index contributed by atoms with van der Waals surface area (Å²) in [5.74, 6) is 0.925. The monoisotopic (exact) mass is 287 g/mol. The van der Waals surface area contributed by atoms with Crippen molar-refractivity contribution in [2.75, 3.05) is 0 Å². The van der Waals surface area contributed by atoms with Crippen molar-refractivity contribution in [2.45, 2.75) is 19.3 Å². The van der Waals surface area contributed by atoms with Crippen LogP contribution in [0.2, 0.25) is 0 Å². The highest BCUT2D eigenvalue weighted by Crippen LogP contribution is 2.44. The van der Waals surface area contributed by atoms with Gasteiger partial charge in [0.2, 0.25) is 0 Å². The summed E-state index contributed by atoms with van der Waals surface area (Å²) in [5, 5.41) is 2.37. The predicted octanol–water partition coefficient (Wildman–Crippen LogP) is 3.00. The smallest absolute Gasteiger partial charge is 0.145 e. The molecule has 106 valence electrons. The van der Waals surface area contributed by atoms with Crippen LogP contribution in [-0.2, 0) is 5.41 Å². The van der Waals surface area contributed by atoms with Crippen molar-refractivity contribution in [3.05, 3.63) is 54.5 Å². The molecule has 0 spiro atoms. The van der Waals surface area contributed by atoms with Crippen molar-refractivity contribution in [1.29, 1.82) is 0 Å². The van der Waals surface area contributed by atoms with Gasteiger partial charge in [-0.15, -0.1) is 0 Å². The molecule has 5 rings (SSSR count). The Labute approximate surface area is 126 Å². The molecule has 0 amide bonds. The normalized spacial score (nSPS) is 15.2. The minimum absolute atomic E-state index is 0.228. The average molecular weight is 287 g/mol. The number of rotatable bonds is 0. The minimum atomic E-state index is -0.228. The molecule has 0 atom stereocenters. The molecule has 0 saturated carbocycles. The molecule has 0 fully saturated rings. The second-order valence-electron chi connectivity index (χ2n) is 6.17. The van der Waals surface area contributed by atoms with Crippen molar-refractivity contribution < 1.29 is 0 Å². The van der Waals surface area contributed by atoms with Gasteiger partial charge in [-0.05, 0) is 26.0 Å². The topological polar surface area (TPSA) is 56.5 Å². The number of fused-ring (bicyclic) bond motifs is 5. The fourth-order valence-corrected chi connectivity index (χ4v) is 3.56. The first-order chi connectivity index (χ1) is 10.7. The molecule has 0 bridgehead atoms. The van der Waals surface area contributed by atoms with E-state index in [0.717, 1.165) is 28.1 Å². The van der Waals surface area contributed by atoms with Crippen LogP contribution in [0.1, 0.15) is 25.1 Å². The lowest BCUT2D eigenvalue weighted by Crippen LogP contribution is -2.28. The lowest BCUT2D eigenvalue weighted by molar-refractivity contribution is 0.598. The SMILES string of the molecule is CC1(C)c2cncnc2-n2c3cnccc3c3ccnc1c32. The van der Waals surface area contributed by atoms with Gasteiger partial charge in [-0.1, -0.05) is 0 Å². The molecule has 0 saturated heterocycles. The van der Waals surface area contributed by atoms with E-state index >= 15 is 0 Å². The Morgan fingerprint density at radius 3 is 2.73 bits per heavy atom. The van der Waals surface area contributed by atoms with Crippen LogP contribution in [0.4, 0.5) is 0 Å². The number of pyridine rings is 2. The largest absolute Gasteiger partial charge is 0.290 e. The first kappa shape index (κ1) is 11.8. The van der Waals surface area contributed by atoms with Gasteiger partial charge in [-0.25, -0.2) is 9.97 Å². The lowest BCUT2D eigenvalue weighted by atomic mass is 9.79. The zero-order valence-electron chi connectivity index (χ0n) is 12.3. The second-order valence-corrected chi connectivity index (χ2v) is 6.17. The fourth-order valence-electron chi connectivity index (χ4n) is 3.56. The fraction of sp³-hybridized carbons (Fsp3) is 0.176. The van der Waals surface area contributed by atoms with Crippen LogP contribution in [0, 0.1) is 0 Å². The summed E-state index contributed by atoms with van der Waals surface area (Å²) in [4.78, 5) is 17.8. The van der Waals surface area contributed by atoms with Gasteiger partial charge in [0.1, 0.15) is 12.1 Å². The maximum absolute atomic E-state index is 4.69. The molecule has 4 aromatic heterocycles. The maximum atomic E-state index is 4.69. The number of hydrogen-bond donors (Lipinski definition) is 0. The molecular weight excluding hydrogens is 274 g/mol.